The second kappa shape index (κ2) is 4.53. The van der Waals surface area contributed by atoms with E-state index < -0.39 is 0 Å². The van der Waals surface area contributed by atoms with Crippen LogP contribution in [0.3, 0.4) is 0 Å². The number of benzene rings is 1. The van der Waals surface area contributed by atoms with Gasteiger partial charge in [0.05, 0.1) is 7.11 Å². The zero-order valence-corrected chi connectivity index (χ0v) is 9.62. The maximum atomic E-state index is 12.0. The third-order valence-corrected chi connectivity index (χ3v) is 2.83. The summed E-state index contributed by atoms with van der Waals surface area (Å²) in [5.41, 5.74) is 1.86. The first-order valence-corrected chi connectivity index (χ1v) is 5.37. The van der Waals surface area contributed by atoms with Crippen LogP contribution in [0.15, 0.2) is 18.2 Å². The summed E-state index contributed by atoms with van der Waals surface area (Å²) in [5, 5.41) is 3.05. The van der Waals surface area contributed by atoms with Gasteiger partial charge in [-0.05, 0) is 24.7 Å². The van der Waals surface area contributed by atoms with E-state index in [1.54, 1.807) is 7.11 Å². The van der Waals surface area contributed by atoms with E-state index in [4.69, 9.17) is 4.74 Å². The fourth-order valence-corrected chi connectivity index (χ4v) is 1.89. The van der Waals surface area contributed by atoms with E-state index in [9.17, 15) is 4.79 Å². The van der Waals surface area contributed by atoms with Crippen molar-refractivity contribution < 1.29 is 9.53 Å². The van der Waals surface area contributed by atoms with Crippen molar-refractivity contribution in [3.05, 3.63) is 29.3 Å². The molecule has 0 radical (unpaired) electrons. The van der Waals surface area contributed by atoms with Gasteiger partial charge in [-0.1, -0.05) is 6.07 Å². The van der Waals surface area contributed by atoms with Gasteiger partial charge < -0.3 is 15.0 Å². The van der Waals surface area contributed by atoms with Crippen LogP contribution in [0.25, 0.3) is 0 Å². The number of fused-ring (bicyclic) bond motifs is 1. The molecule has 1 N–H and O–H groups in total. The van der Waals surface area contributed by atoms with Gasteiger partial charge in [0.2, 0.25) is 0 Å². The zero-order chi connectivity index (χ0) is 11.5. The van der Waals surface area contributed by atoms with Gasteiger partial charge in [-0.25, -0.2) is 0 Å². The summed E-state index contributed by atoms with van der Waals surface area (Å²) in [6.45, 7) is 2.27. The molecule has 1 heterocycles. The summed E-state index contributed by atoms with van der Waals surface area (Å²) < 4.78 is 5.12. The molecule has 0 aromatic heterocycles. The Kier molecular flexibility index (Phi) is 3.10. The van der Waals surface area contributed by atoms with Crippen LogP contribution in [0, 0.1) is 0 Å². The van der Waals surface area contributed by atoms with Crippen LogP contribution in [0.2, 0.25) is 0 Å². The van der Waals surface area contributed by atoms with Crippen LogP contribution < -0.4 is 10.1 Å². The number of likely N-dealkylation sites (N-methyl/N-ethyl adjacent to an activating group) is 1. The lowest BCUT2D eigenvalue weighted by Gasteiger charge is -2.14. The van der Waals surface area contributed by atoms with Gasteiger partial charge in [0.25, 0.3) is 5.91 Å². The van der Waals surface area contributed by atoms with Crippen LogP contribution >= 0.6 is 0 Å². The highest BCUT2D eigenvalue weighted by atomic mass is 16.5. The summed E-state index contributed by atoms with van der Waals surface area (Å²) in [5.74, 6) is 0.840. The number of hydrogen-bond donors (Lipinski definition) is 1. The fraction of sp³-hybridized carbons (Fsp3) is 0.417. The number of amides is 1. The SMILES string of the molecule is CNCCN1Cc2ccc(OC)cc2C1=O. The standard InChI is InChI=1S/C12H16N2O2/c1-13-5-6-14-8-9-3-4-10(16-2)7-11(9)12(14)15/h3-4,7,13H,5-6,8H2,1-2H3. The molecule has 0 atom stereocenters. The summed E-state index contributed by atoms with van der Waals surface area (Å²) in [6, 6.07) is 5.68. The third-order valence-electron chi connectivity index (χ3n) is 2.83. The molecular formula is C12H16N2O2. The maximum Gasteiger partial charge on any atom is 0.254 e. The lowest BCUT2D eigenvalue weighted by atomic mass is 10.1. The highest BCUT2D eigenvalue weighted by Gasteiger charge is 2.26. The number of methoxy groups -OCH3 is 1. The van der Waals surface area contributed by atoms with Gasteiger partial charge in [-0.15, -0.1) is 0 Å². The number of ether oxygens (including phenoxy) is 1. The molecular weight excluding hydrogens is 204 g/mol. The minimum absolute atomic E-state index is 0.101. The van der Waals surface area contributed by atoms with Gasteiger partial charge in [0, 0.05) is 25.2 Å². The molecule has 4 nitrogen and oxygen atoms in total. The molecule has 1 aliphatic heterocycles. The van der Waals surface area contributed by atoms with Crippen LogP contribution in [0.1, 0.15) is 15.9 Å². The average Bonchev–Trinajstić information content (AvgIpc) is 2.63. The molecule has 0 saturated heterocycles. The molecule has 1 aromatic rings. The fourth-order valence-electron chi connectivity index (χ4n) is 1.89. The number of nitrogens with one attached hydrogen (secondary N) is 1. The van der Waals surface area contributed by atoms with Crippen LogP contribution in [-0.4, -0.2) is 38.1 Å². The van der Waals surface area contributed by atoms with Gasteiger partial charge >= 0.3 is 0 Å². The molecule has 0 aliphatic carbocycles. The summed E-state index contributed by atoms with van der Waals surface area (Å²) in [6.07, 6.45) is 0. The Morgan fingerprint density at radius 2 is 2.31 bits per heavy atom. The largest absolute Gasteiger partial charge is 0.497 e. The van der Waals surface area contributed by atoms with E-state index in [2.05, 4.69) is 5.32 Å². The van der Waals surface area contributed by atoms with Crippen molar-refractivity contribution >= 4 is 5.91 Å². The Bertz CT molecular complexity index is 404. The van der Waals surface area contributed by atoms with E-state index >= 15 is 0 Å². The predicted octanol–water partition coefficient (Wildman–Crippen LogP) is 0.870. The Morgan fingerprint density at radius 3 is 3.00 bits per heavy atom. The smallest absolute Gasteiger partial charge is 0.254 e. The van der Waals surface area contributed by atoms with Crippen molar-refractivity contribution in [2.45, 2.75) is 6.54 Å². The Hall–Kier alpha value is -1.55. The van der Waals surface area contributed by atoms with Crippen molar-refractivity contribution in [2.75, 3.05) is 27.2 Å². The van der Waals surface area contributed by atoms with Gasteiger partial charge in [0.1, 0.15) is 5.75 Å². The topological polar surface area (TPSA) is 41.6 Å². The number of rotatable bonds is 4. The Balaban J connectivity index is 2.18. The molecule has 1 aliphatic rings. The van der Waals surface area contributed by atoms with Gasteiger partial charge in [0.15, 0.2) is 0 Å². The van der Waals surface area contributed by atoms with Crippen molar-refractivity contribution in [1.29, 1.82) is 0 Å². The molecule has 0 bridgehead atoms. The number of hydrogen-bond acceptors (Lipinski definition) is 3. The maximum absolute atomic E-state index is 12.0. The number of nitrogens with zero attached hydrogens (tertiary/aromatic N) is 1. The average molecular weight is 220 g/mol. The summed E-state index contributed by atoms with van der Waals surface area (Å²) in [7, 11) is 3.50. The first kappa shape index (κ1) is 11.0. The van der Waals surface area contributed by atoms with E-state index in [1.165, 1.54) is 0 Å². The normalized spacial score (nSPS) is 14.1. The zero-order valence-electron chi connectivity index (χ0n) is 9.62. The monoisotopic (exact) mass is 220 g/mol. The van der Waals surface area contributed by atoms with Crippen molar-refractivity contribution in [1.82, 2.24) is 10.2 Å². The molecule has 0 spiro atoms. The van der Waals surface area contributed by atoms with Crippen LogP contribution in [-0.2, 0) is 6.54 Å². The molecule has 4 heteroatoms. The molecule has 2 rings (SSSR count). The van der Waals surface area contributed by atoms with Crippen LogP contribution in [0.5, 0.6) is 5.75 Å². The van der Waals surface area contributed by atoms with Gasteiger partial charge in [-0.3, -0.25) is 4.79 Å². The molecule has 1 amide bonds. The highest BCUT2D eigenvalue weighted by molar-refractivity contribution is 5.98. The van der Waals surface area contributed by atoms with Crippen molar-refractivity contribution in [3.63, 3.8) is 0 Å². The van der Waals surface area contributed by atoms with E-state index in [0.29, 0.717) is 6.54 Å². The van der Waals surface area contributed by atoms with Crippen molar-refractivity contribution in [3.8, 4) is 5.75 Å². The minimum atomic E-state index is 0.101. The Morgan fingerprint density at radius 1 is 1.50 bits per heavy atom. The highest BCUT2D eigenvalue weighted by Crippen LogP contribution is 2.26. The molecule has 0 fully saturated rings. The van der Waals surface area contributed by atoms with Gasteiger partial charge in [-0.2, -0.15) is 0 Å². The number of carbonyl (C=O) groups is 1. The molecule has 0 saturated carbocycles. The van der Waals surface area contributed by atoms with E-state index in [0.717, 1.165) is 30.0 Å². The molecule has 0 unspecified atom stereocenters. The predicted molar refractivity (Wildman–Crippen MR) is 61.7 cm³/mol. The molecule has 1 aromatic carbocycles. The molecule has 16 heavy (non-hydrogen) atoms. The van der Waals surface area contributed by atoms with Crippen LogP contribution in [0.4, 0.5) is 0 Å². The lowest BCUT2D eigenvalue weighted by molar-refractivity contribution is 0.0780. The van der Waals surface area contributed by atoms with E-state index in [1.807, 2.05) is 30.1 Å². The summed E-state index contributed by atoms with van der Waals surface area (Å²) >= 11 is 0. The minimum Gasteiger partial charge on any atom is -0.497 e. The third kappa shape index (κ3) is 1.88. The Labute approximate surface area is 95.2 Å². The first-order chi connectivity index (χ1) is 7.76. The van der Waals surface area contributed by atoms with E-state index in [-0.39, 0.29) is 5.91 Å². The first-order valence-electron chi connectivity index (χ1n) is 5.37. The number of carbonyl (C=O) groups excluding carboxylic acids is 1. The molecule has 86 valence electrons. The summed E-state index contributed by atoms with van der Waals surface area (Å²) in [4.78, 5) is 13.9. The quantitative estimate of drug-likeness (QED) is 0.818. The lowest BCUT2D eigenvalue weighted by Crippen LogP contribution is -2.30. The van der Waals surface area contributed by atoms with Crippen molar-refractivity contribution in [2.24, 2.45) is 0 Å². The second-order valence-electron chi connectivity index (χ2n) is 3.85. The second-order valence-corrected chi connectivity index (χ2v) is 3.85.